The van der Waals surface area contributed by atoms with Gasteiger partial charge < -0.3 is 21.3 Å². The molecule has 0 unspecified atom stereocenters. The van der Waals surface area contributed by atoms with Crippen molar-refractivity contribution in [2.24, 2.45) is 5.84 Å². The number of nitrogen functional groups attached to an aromatic ring is 1. The minimum Gasteiger partial charge on any atom is -0.508 e. The number of hydrazine groups is 1. The molecule has 27 heavy (non-hydrogen) atoms. The number of aryl methyl sites for hydroxylation is 2. The van der Waals surface area contributed by atoms with E-state index >= 15 is 0 Å². The Morgan fingerprint density at radius 3 is 2.26 bits per heavy atom. The summed E-state index contributed by atoms with van der Waals surface area (Å²) < 4.78 is 14.4. The predicted octanol–water partition coefficient (Wildman–Crippen LogP) is 2.98. The van der Waals surface area contributed by atoms with Gasteiger partial charge in [-0.2, -0.15) is 14.4 Å². The number of rotatable bonds is 4. The standard InChI is InChI=1S/C18H19FN6O2/c1-9-3-5-11(7-13(9)26)22-17-15(19)16(20)23-18(24-17)25(21)12-6-4-10(2)14(27)8-12/h3-8,26-27H,21H2,1-2H3,(H3,20,22,23,24). The number of aromatic hydroxyl groups is 2. The number of anilines is 5. The van der Waals surface area contributed by atoms with Crippen LogP contribution in [0.15, 0.2) is 36.4 Å². The Kier molecular flexibility index (Phi) is 4.70. The maximum Gasteiger partial charge on any atom is 0.248 e. The Morgan fingerprint density at radius 1 is 1.00 bits per heavy atom. The van der Waals surface area contributed by atoms with Crippen molar-refractivity contribution in [2.75, 3.05) is 16.1 Å². The number of halogens is 1. The highest BCUT2D eigenvalue weighted by Gasteiger charge is 2.17. The third kappa shape index (κ3) is 3.67. The second-order valence-electron chi connectivity index (χ2n) is 6.04. The first kappa shape index (κ1) is 18.2. The lowest BCUT2D eigenvalue weighted by Crippen LogP contribution is -2.28. The van der Waals surface area contributed by atoms with E-state index in [1.165, 1.54) is 12.1 Å². The zero-order valence-electron chi connectivity index (χ0n) is 14.7. The van der Waals surface area contributed by atoms with E-state index in [4.69, 9.17) is 11.6 Å². The van der Waals surface area contributed by atoms with Gasteiger partial charge in [0.15, 0.2) is 11.6 Å². The predicted molar refractivity (Wildman–Crippen MR) is 102 cm³/mol. The fourth-order valence-electron chi connectivity index (χ4n) is 2.33. The highest BCUT2D eigenvalue weighted by atomic mass is 19.1. The molecule has 0 bridgehead atoms. The molecule has 7 N–H and O–H groups in total. The summed E-state index contributed by atoms with van der Waals surface area (Å²) in [4.78, 5) is 7.93. The molecule has 0 radical (unpaired) electrons. The topological polar surface area (TPSA) is 134 Å². The van der Waals surface area contributed by atoms with Crippen LogP contribution in [0.4, 0.5) is 33.3 Å². The van der Waals surface area contributed by atoms with Crippen LogP contribution < -0.4 is 21.9 Å². The van der Waals surface area contributed by atoms with Crippen LogP contribution in [0.3, 0.4) is 0 Å². The zero-order chi connectivity index (χ0) is 19.7. The van der Waals surface area contributed by atoms with E-state index in [1.807, 2.05) is 0 Å². The van der Waals surface area contributed by atoms with Crippen molar-refractivity contribution in [3.05, 3.63) is 53.3 Å². The van der Waals surface area contributed by atoms with E-state index < -0.39 is 11.6 Å². The summed E-state index contributed by atoms with van der Waals surface area (Å²) in [5, 5.41) is 23.5. The Morgan fingerprint density at radius 2 is 1.63 bits per heavy atom. The van der Waals surface area contributed by atoms with Gasteiger partial charge in [-0.1, -0.05) is 12.1 Å². The highest BCUT2D eigenvalue weighted by Crippen LogP contribution is 2.30. The van der Waals surface area contributed by atoms with E-state index in [-0.39, 0.29) is 23.3 Å². The van der Waals surface area contributed by atoms with Crippen LogP contribution in [0.5, 0.6) is 11.5 Å². The van der Waals surface area contributed by atoms with Gasteiger partial charge in [0.05, 0.1) is 5.69 Å². The number of nitrogens with one attached hydrogen (secondary N) is 1. The number of phenols is 2. The van der Waals surface area contributed by atoms with E-state index in [2.05, 4.69) is 15.3 Å². The molecular weight excluding hydrogens is 351 g/mol. The molecule has 8 nitrogen and oxygen atoms in total. The molecule has 140 valence electrons. The lowest BCUT2D eigenvalue weighted by atomic mass is 10.2. The molecule has 0 fully saturated rings. The van der Waals surface area contributed by atoms with Crippen LogP contribution in [-0.4, -0.2) is 20.2 Å². The monoisotopic (exact) mass is 370 g/mol. The molecule has 0 aliphatic carbocycles. The van der Waals surface area contributed by atoms with Crippen LogP contribution in [0.1, 0.15) is 11.1 Å². The molecule has 0 spiro atoms. The summed E-state index contributed by atoms with van der Waals surface area (Å²) in [7, 11) is 0. The van der Waals surface area contributed by atoms with Gasteiger partial charge in [0.25, 0.3) is 0 Å². The normalized spacial score (nSPS) is 10.7. The maximum atomic E-state index is 14.4. The number of nitrogens with two attached hydrogens (primary N) is 2. The average Bonchev–Trinajstić information content (AvgIpc) is 2.63. The number of benzene rings is 2. The van der Waals surface area contributed by atoms with Gasteiger partial charge in [0.1, 0.15) is 11.5 Å². The first-order valence-electron chi connectivity index (χ1n) is 8.00. The molecular formula is C18H19FN6O2. The lowest BCUT2D eigenvalue weighted by molar-refractivity contribution is 0.471. The third-order valence-electron chi connectivity index (χ3n) is 4.02. The minimum atomic E-state index is -0.848. The minimum absolute atomic E-state index is 0.0477. The van der Waals surface area contributed by atoms with Crippen LogP contribution in [-0.2, 0) is 0 Å². The summed E-state index contributed by atoms with van der Waals surface area (Å²) in [5.74, 6) is 4.59. The Balaban J connectivity index is 1.97. The van der Waals surface area contributed by atoms with Crippen molar-refractivity contribution in [2.45, 2.75) is 13.8 Å². The zero-order valence-corrected chi connectivity index (χ0v) is 14.7. The third-order valence-corrected chi connectivity index (χ3v) is 4.02. The second-order valence-corrected chi connectivity index (χ2v) is 6.04. The molecule has 1 heterocycles. The molecule has 3 rings (SSSR count). The first-order chi connectivity index (χ1) is 12.8. The Hall–Kier alpha value is -3.59. The summed E-state index contributed by atoms with van der Waals surface area (Å²) in [5.41, 5.74) is 7.81. The van der Waals surface area contributed by atoms with Crippen LogP contribution in [0.25, 0.3) is 0 Å². The van der Waals surface area contributed by atoms with E-state index in [0.29, 0.717) is 22.5 Å². The largest absolute Gasteiger partial charge is 0.508 e. The summed E-state index contributed by atoms with van der Waals surface area (Å²) >= 11 is 0. The second kappa shape index (κ2) is 6.96. The Labute approximate surface area is 154 Å². The lowest BCUT2D eigenvalue weighted by Gasteiger charge is -2.19. The molecule has 0 saturated heterocycles. The van der Waals surface area contributed by atoms with Crippen molar-refractivity contribution in [1.29, 1.82) is 0 Å². The molecule has 0 aliphatic heterocycles. The maximum absolute atomic E-state index is 14.4. The van der Waals surface area contributed by atoms with Crippen LogP contribution in [0.2, 0.25) is 0 Å². The van der Waals surface area contributed by atoms with Gasteiger partial charge in [-0.3, -0.25) is 0 Å². The van der Waals surface area contributed by atoms with Gasteiger partial charge in [-0.15, -0.1) is 0 Å². The fourth-order valence-corrected chi connectivity index (χ4v) is 2.33. The molecule has 0 aliphatic rings. The number of phenolic OH excluding ortho intramolecular Hbond substituents is 2. The number of hydrogen-bond acceptors (Lipinski definition) is 8. The van der Waals surface area contributed by atoms with E-state index in [0.717, 1.165) is 5.01 Å². The van der Waals surface area contributed by atoms with Crippen molar-refractivity contribution in [1.82, 2.24) is 9.97 Å². The van der Waals surface area contributed by atoms with Crippen molar-refractivity contribution in [3.8, 4) is 11.5 Å². The van der Waals surface area contributed by atoms with Gasteiger partial charge in [-0.25, -0.2) is 10.9 Å². The number of nitrogens with zero attached hydrogens (tertiary/aromatic N) is 3. The molecule has 3 aromatic rings. The molecule has 0 amide bonds. The van der Waals surface area contributed by atoms with Crippen LogP contribution >= 0.6 is 0 Å². The Bertz CT molecular complexity index is 1010. The summed E-state index contributed by atoms with van der Waals surface area (Å²) in [6.45, 7) is 3.48. The van der Waals surface area contributed by atoms with E-state index in [1.54, 1.807) is 38.1 Å². The van der Waals surface area contributed by atoms with Crippen LogP contribution in [0, 0.1) is 19.7 Å². The van der Waals surface area contributed by atoms with Gasteiger partial charge in [-0.05, 0) is 37.1 Å². The summed E-state index contributed by atoms with van der Waals surface area (Å²) in [6, 6.07) is 9.53. The quantitative estimate of drug-likeness (QED) is 0.350. The summed E-state index contributed by atoms with van der Waals surface area (Å²) in [6.07, 6.45) is 0. The molecule has 2 aromatic carbocycles. The SMILES string of the molecule is Cc1ccc(Nc2nc(N(N)c3ccc(C)c(O)c3)nc(N)c2F)cc1O. The number of aromatic nitrogens is 2. The fraction of sp³-hybridized carbons (Fsp3) is 0.111. The van der Waals surface area contributed by atoms with Crippen molar-refractivity contribution < 1.29 is 14.6 Å². The highest BCUT2D eigenvalue weighted by molar-refractivity contribution is 5.66. The number of hydrogen-bond donors (Lipinski definition) is 5. The first-order valence-corrected chi connectivity index (χ1v) is 8.00. The molecule has 0 atom stereocenters. The molecule has 0 saturated carbocycles. The smallest absolute Gasteiger partial charge is 0.248 e. The van der Waals surface area contributed by atoms with Crippen molar-refractivity contribution in [3.63, 3.8) is 0 Å². The van der Waals surface area contributed by atoms with Crippen molar-refractivity contribution >= 4 is 29.0 Å². The van der Waals surface area contributed by atoms with E-state index in [9.17, 15) is 14.6 Å². The van der Waals surface area contributed by atoms with Gasteiger partial charge in [0, 0.05) is 17.8 Å². The average molecular weight is 370 g/mol. The molecule has 1 aromatic heterocycles. The molecule has 9 heteroatoms. The van der Waals surface area contributed by atoms with Gasteiger partial charge in [0.2, 0.25) is 11.8 Å². The van der Waals surface area contributed by atoms with Gasteiger partial charge >= 0.3 is 0 Å².